The first-order chi connectivity index (χ1) is 20.3. The number of benzene rings is 3. The van der Waals surface area contributed by atoms with Crippen molar-refractivity contribution >= 4 is 41.6 Å². The number of rotatable bonds is 15. The first-order valence-electron chi connectivity index (χ1n) is 13.7. The van der Waals surface area contributed by atoms with Crippen LogP contribution in [0.4, 0.5) is 17.1 Å². The molecule has 1 aliphatic rings. The number of anilines is 3. The van der Waals surface area contributed by atoms with Crippen LogP contribution in [0.25, 0.3) is 0 Å². The molecular weight excluding hydrogens is 597 g/mol. The zero-order chi connectivity index (χ0) is 30.0. The summed E-state index contributed by atoms with van der Waals surface area (Å²) in [5.41, 5.74) is 19.6. The Morgan fingerprint density at radius 2 is 1.05 bits per heavy atom. The van der Waals surface area contributed by atoms with E-state index in [0.29, 0.717) is 81.9 Å². The maximum atomic E-state index is 6.64. The number of hydrogen-bond donors (Lipinski definition) is 3. The van der Waals surface area contributed by atoms with Gasteiger partial charge in [-0.25, -0.2) is 0 Å². The Morgan fingerprint density at radius 1 is 0.643 bits per heavy atom. The number of hydrogen-bond acceptors (Lipinski definition) is 12. The van der Waals surface area contributed by atoms with Gasteiger partial charge in [-0.3, -0.25) is 0 Å². The molecule has 6 N–H and O–H groups in total. The van der Waals surface area contributed by atoms with Crippen molar-refractivity contribution in [3.8, 4) is 17.2 Å². The van der Waals surface area contributed by atoms with Gasteiger partial charge in [0.1, 0.15) is 0 Å². The van der Waals surface area contributed by atoms with Crippen LogP contribution < -0.4 is 31.4 Å². The molecule has 3 aromatic carbocycles. The van der Waals surface area contributed by atoms with Crippen LogP contribution in [0, 0.1) is 0 Å². The quantitative estimate of drug-likeness (QED) is 0.110. The van der Waals surface area contributed by atoms with E-state index in [1.165, 1.54) is 4.60 Å². The van der Waals surface area contributed by atoms with Crippen molar-refractivity contribution in [2.45, 2.75) is 40.0 Å². The van der Waals surface area contributed by atoms with Gasteiger partial charge in [0.15, 0.2) is 0 Å². The minimum absolute atomic E-state index is 0.301. The van der Waals surface area contributed by atoms with E-state index in [4.69, 9.17) is 49.5 Å². The van der Waals surface area contributed by atoms with Crippen LogP contribution in [0.15, 0.2) is 77.3 Å². The standard InChI is InChI=1S/C27H39N6O6P3/c1-4-19-34-42(35-20-5-2,36-21-6-3)31-40-32(37-25-13-7-22(28)8-14-25)41(39-27-17-11-24(30)12-18-27)33(42)38-26-15-9-23(29)10-16-26/h7-18H,4-6,19-21,28-30H2,1-3H3. The van der Waals surface area contributed by atoms with Crippen LogP contribution in [-0.2, 0) is 13.6 Å². The second kappa shape index (κ2) is 14.6. The van der Waals surface area contributed by atoms with Crippen LogP contribution in [0.2, 0.25) is 0 Å². The molecule has 0 aliphatic carbocycles. The molecule has 0 radical (unpaired) electrons. The van der Waals surface area contributed by atoms with Crippen molar-refractivity contribution in [3.05, 3.63) is 72.8 Å². The van der Waals surface area contributed by atoms with Crippen LogP contribution >= 0.6 is 24.6 Å². The predicted octanol–water partition coefficient (Wildman–Crippen LogP) is 8.10. The molecule has 0 aromatic heterocycles. The third kappa shape index (κ3) is 7.59. The SMILES string of the molecule is CCCOP1(OCCC)(OCCC)N=PN(Oc2ccc(N)cc2)P(Oc2ccc(N)cc2)N1Oc1ccc(N)cc1. The third-order valence-corrected chi connectivity index (χ3v) is 13.1. The molecule has 0 fully saturated rings. The van der Waals surface area contributed by atoms with Crippen molar-refractivity contribution in [3.63, 3.8) is 0 Å². The third-order valence-electron chi connectivity index (χ3n) is 5.60. The van der Waals surface area contributed by atoms with Gasteiger partial charge in [0.25, 0.3) is 0 Å². The van der Waals surface area contributed by atoms with E-state index in [1.54, 1.807) is 77.4 Å². The molecule has 3 aromatic rings. The van der Waals surface area contributed by atoms with Crippen LogP contribution in [0.3, 0.4) is 0 Å². The summed E-state index contributed by atoms with van der Waals surface area (Å²) in [7, 11) is -6.31. The topological polar surface area (TPSA) is 152 Å². The summed E-state index contributed by atoms with van der Waals surface area (Å²) < 4.78 is 34.6. The molecule has 0 saturated heterocycles. The van der Waals surface area contributed by atoms with E-state index in [9.17, 15) is 0 Å². The summed E-state index contributed by atoms with van der Waals surface area (Å²) in [4.78, 5) is 12.9. The molecule has 4 rings (SSSR count). The number of nitrogen functional groups attached to an aromatic ring is 3. The first kappa shape index (κ1) is 32.1. The van der Waals surface area contributed by atoms with Crippen LogP contribution in [-0.4, -0.2) is 29.0 Å². The molecule has 0 spiro atoms. The fourth-order valence-electron chi connectivity index (χ4n) is 3.54. The minimum atomic E-state index is -4.61. The molecule has 0 amide bonds. The van der Waals surface area contributed by atoms with E-state index in [2.05, 4.69) is 0 Å². The van der Waals surface area contributed by atoms with Gasteiger partial charge in [-0.15, -0.1) is 0 Å². The Bertz CT molecular complexity index is 1280. The first-order valence-corrected chi connectivity index (χ1v) is 17.6. The summed E-state index contributed by atoms with van der Waals surface area (Å²) in [5, 5.41) is 0. The van der Waals surface area contributed by atoms with E-state index in [0.717, 1.165) is 0 Å². The van der Waals surface area contributed by atoms with E-state index in [-0.39, 0.29) is 0 Å². The molecule has 1 aliphatic heterocycles. The normalized spacial score (nSPS) is 19.4. The Hall–Kier alpha value is -2.78. The van der Waals surface area contributed by atoms with Crippen molar-refractivity contribution < 1.29 is 27.8 Å². The molecule has 42 heavy (non-hydrogen) atoms. The van der Waals surface area contributed by atoms with Gasteiger partial charge >= 0.3 is 250 Å². The van der Waals surface area contributed by atoms with Gasteiger partial charge in [-0.1, -0.05) is 0 Å². The van der Waals surface area contributed by atoms with Crippen LogP contribution in [0.1, 0.15) is 40.0 Å². The summed E-state index contributed by atoms with van der Waals surface area (Å²) >= 11 is 0. The monoisotopic (exact) mass is 636 g/mol. The van der Waals surface area contributed by atoms with E-state index >= 15 is 0 Å². The predicted molar refractivity (Wildman–Crippen MR) is 170 cm³/mol. The van der Waals surface area contributed by atoms with Crippen LogP contribution in [0.5, 0.6) is 17.2 Å². The fourth-order valence-corrected chi connectivity index (χ4v) is 11.8. The molecule has 228 valence electrons. The van der Waals surface area contributed by atoms with Gasteiger partial charge in [0, 0.05) is 0 Å². The fraction of sp³-hybridized carbons (Fsp3) is 0.333. The molecule has 1 atom stereocenters. The van der Waals surface area contributed by atoms with Crippen molar-refractivity contribution in [1.82, 2.24) is 9.21 Å². The van der Waals surface area contributed by atoms with E-state index in [1.807, 2.05) is 20.8 Å². The number of nitrogens with zero attached hydrogens (tertiary/aromatic N) is 3. The Kier molecular flexibility index (Phi) is 11.2. The summed E-state index contributed by atoms with van der Waals surface area (Å²) in [6.45, 7) is 6.92. The summed E-state index contributed by atoms with van der Waals surface area (Å²) in [6.07, 6.45) is 2.06. The van der Waals surface area contributed by atoms with E-state index < -0.39 is 16.0 Å². The van der Waals surface area contributed by atoms with Gasteiger partial charge in [0.05, 0.1) is 0 Å². The second-order valence-electron chi connectivity index (χ2n) is 9.22. The molecule has 0 bridgehead atoms. The average molecular weight is 637 g/mol. The molecule has 1 heterocycles. The zero-order valence-electron chi connectivity index (χ0n) is 24.0. The molecular formula is C27H39N6O6P3. The number of nitrogens with two attached hydrogens (primary N) is 3. The summed E-state index contributed by atoms with van der Waals surface area (Å²) in [5.74, 6) is 1.49. The van der Waals surface area contributed by atoms with Crippen molar-refractivity contribution in [1.29, 1.82) is 0 Å². The Balaban J connectivity index is 1.91. The van der Waals surface area contributed by atoms with Gasteiger partial charge in [-0.2, -0.15) is 0 Å². The van der Waals surface area contributed by atoms with Gasteiger partial charge < -0.3 is 0 Å². The van der Waals surface area contributed by atoms with Gasteiger partial charge in [0.2, 0.25) is 0 Å². The summed E-state index contributed by atoms with van der Waals surface area (Å²) in [6, 6.07) is 21.0. The zero-order valence-corrected chi connectivity index (χ0v) is 26.7. The Labute approximate surface area is 250 Å². The molecule has 15 heteroatoms. The average Bonchev–Trinajstić information content (AvgIpc) is 3.00. The maximum absolute atomic E-state index is 6.64. The molecule has 0 saturated carbocycles. The van der Waals surface area contributed by atoms with Crippen molar-refractivity contribution in [2.75, 3.05) is 37.0 Å². The van der Waals surface area contributed by atoms with Crippen molar-refractivity contribution in [2.24, 2.45) is 4.52 Å². The molecule has 1 unspecified atom stereocenters. The Morgan fingerprint density at radius 3 is 1.48 bits per heavy atom. The van der Waals surface area contributed by atoms with Gasteiger partial charge in [-0.05, 0) is 0 Å². The molecule has 12 nitrogen and oxygen atoms in total. The second-order valence-corrected chi connectivity index (χ2v) is 15.3.